The Balaban J connectivity index is 3.41. The maximum Gasteiger partial charge on any atom is 0.156 e. The first-order chi connectivity index (χ1) is 5.24. The molecule has 0 aromatic carbocycles. The van der Waals surface area contributed by atoms with Crippen molar-refractivity contribution in [2.24, 2.45) is 5.92 Å². The maximum atomic E-state index is 10.2. The molecule has 0 aromatic rings. The van der Waals surface area contributed by atoms with Gasteiger partial charge in [-0.2, -0.15) is 0 Å². The predicted molar refractivity (Wildman–Crippen MR) is 42.3 cm³/mol. The molecule has 0 aromatic heterocycles. The molecular weight excluding hydrogens is 144 g/mol. The van der Waals surface area contributed by atoms with Crippen LogP contribution in [0.25, 0.3) is 0 Å². The quantitative estimate of drug-likeness (QED) is 0.433. The topological polar surface area (TPSA) is 35.5 Å². The lowest BCUT2D eigenvalue weighted by molar-refractivity contribution is -0.116. The Labute approximate surface area is 67.7 Å². The zero-order chi connectivity index (χ0) is 8.69. The van der Waals surface area contributed by atoms with Crippen molar-refractivity contribution in [1.82, 2.24) is 0 Å². The van der Waals surface area contributed by atoms with Crippen molar-refractivity contribution >= 4 is 6.29 Å². The van der Waals surface area contributed by atoms with Gasteiger partial charge in [-0.25, -0.2) is 0 Å². The summed E-state index contributed by atoms with van der Waals surface area (Å²) >= 11 is 0. The zero-order valence-corrected chi connectivity index (χ0v) is 7.37. The molecule has 3 nitrogen and oxygen atoms in total. The molecule has 0 heterocycles. The van der Waals surface area contributed by atoms with Gasteiger partial charge in [0.15, 0.2) is 6.29 Å². The highest BCUT2D eigenvalue weighted by Crippen LogP contribution is 2.07. The summed E-state index contributed by atoms with van der Waals surface area (Å²) in [7, 11) is 3.19. The Morgan fingerprint density at radius 1 is 1.27 bits per heavy atom. The van der Waals surface area contributed by atoms with Crippen molar-refractivity contribution < 1.29 is 14.3 Å². The maximum absolute atomic E-state index is 10.2. The second-order valence-corrected chi connectivity index (χ2v) is 2.59. The third kappa shape index (κ3) is 4.93. The number of ether oxygens (including phenoxy) is 2. The van der Waals surface area contributed by atoms with Crippen LogP contribution in [0.4, 0.5) is 0 Å². The van der Waals surface area contributed by atoms with Crippen LogP contribution in [0.3, 0.4) is 0 Å². The molecule has 11 heavy (non-hydrogen) atoms. The van der Waals surface area contributed by atoms with Crippen LogP contribution in [-0.4, -0.2) is 26.8 Å². The Morgan fingerprint density at radius 3 is 2.18 bits per heavy atom. The second kappa shape index (κ2) is 6.31. The normalized spacial score (nSPS) is 13.5. The van der Waals surface area contributed by atoms with Crippen molar-refractivity contribution in [1.29, 1.82) is 0 Å². The second-order valence-electron chi connectivity index (χ2n) is 2.59. The van der Waals surface area contributed by atoms with Crippen LogP contribution >= 0.6 is 0 Å². The molecule has 66 valence electrons. The summed E-state index contributed by atoms with van der Waals surface area (Å²) < 4.78 is 9.91. The molecule has 0 bridgehead atoms. The molecule has 0 saturated heterocycles. The lowest BCUT2D eigenvalue weighted by Crippen LogP contribution is -2.14. The monoisotopic (exact) mass is 160 g/mol. The van der Waals surface area contributed by atoms with Gasteiger partial charge in [0.05, 0.1) is 0 Å². The molecule has 1 atom stereocenters. The van der Waals surface area contributed by atoms with Gasteiger partial charge in [-0.1, -0.05) is 6.92 Å². The molecule has 0 aliphatic heterocycles. The first kappa shape index (κ1) is 10.6. The van der Waals surface area contributed by atoms with Gasteiger partial charge >= 0.3 is 0 Å². The SMILES string of the molecule is COC(CCC(C)C=O)OC. The van der Waals surface area contributed by atoms with E-state index in [1.807, 2.05) is 6.92 Å². The molecule has 0 aliphatic carbocycles. The number of aldehydes is 1. The minimum atomic E-state index is -0.169. The van der Waals surface area contributed by atoms with Crippen LogP contribution in [-0.2, 0) is 14.3 Å². The van der Waals surface area contributed by atoms with Gasteiger partial charge in [-0.05, 0) is 12.8 Å². The number of hydrogen-bond acceptors (Lipinski definition) is 3. The van der Waals surface area contributed by atoms with Crippen LogP contribution in [0.15, 0.2) is 0 Å². The number of carbonyl (C=O) groups is 1. The zero-order valence-electron chi connectivity index (χ0n) is 7.37. The van der Waals surface area contributed by atoms with Crippen molar-refractivity contribution in [3.8, 4) is 0 Å². The first-order valence-electron chi connectivity index (χ1n) is 3.75. The summed E-state index contributed by atoms with van der Waals surface area (Å²) in [5, 5.41) is 0. The summed E-state index contributed by atoms with van der Waals surface area (Å²) in [4.78, 5) is 10.2. The van der Waals surface area contributed by atoms with E-state index >= 15 is 0 Å². The Morgan fingerprint density at radius 2 is 1.82 bits per heavy atom. The Bertz CT molecular complexity index is 99.5. The summed E-state index contributed by atoms with van der Waals surface area (Å²) in [6.45, 7) is 1.88. The lowest BCUT2D eigenvalue weighted by atomic mass is 10.1. The van der Waals surface area contributed by atoms with E-state index in [0.717, 1.165) is 19.1 Å². The lowest BCUT2D eigenvalue weighted by Gasteiger charge is -2.13. The van der Waals surface area contributed by atoms with Crippen molar-refractivity contribution in [3.05, 3.63) is 0 Å². The van der Waals surface area contributed by atoms with Crippen molar-refractivity contribution in [2.75, 3.05) is 14.2 Å². The fourth-order valence-electron chi connectivity index (χ4n) is 0.799. The van der Waals surface area contributed by atoms with Crippen LogP contribution in [0.2, 0.25) is 0 Å². The van der Waals surface area contributed by atoms with E-state index in [-0.39, 0.29) is 12.2 Å². The van der Waals surface area contributed by atoms with E-state index < -0.39 is 0 Å². The average molecular weight is 160 g/mol. The van der Waals surface area contributed by atoms with Gasteiger partial charge in [0.1, 0.15) is 6.29 Å². The van der Waals surface area contributed by atoms with Gasteiger partial charge in [0.25, 0.3) is 0 Å². The molecule has 0 radical (unpaired) electrons. The van der Waals surface area contributed by atoms with E-state index in [9.17, 15) is 4.79 Å². The molecule has 0 aliphatic rings. The van der Waals surface area contributed by atoms with E-state index in [2.05, 4.69) is 0 Å². The minimum Gasteiger partial charge on any atom is -0.356 e. The highest BCUT2D eigenvalue weighted by molar-refractivity contribution is 5.52. The van der Waals surface area contributed by atoms with Gasteiger partial charge in [0.2, 0.25) is 0 Å². The molecule has 1 unspecified atom stereocenters. The van der Waals surface area contributed by atoms with Gasteiger partial charge in [-0.15, -0.1) is 0 Å². The minimum absolute atomic E-state index is 0.0998. The summed E-state index contributed by atoms with van der Waals surface area (Å²) in [6.07, 6.45) is 2.36. The fraction of sp³-hybridized carbons (Fsp3) is 0.875. The predicted octanol–water partition coefficient (Wildman–Crippen LogP) is 1.22. The highest BCUT2D eigenvalue weighted by atomic mass is 16.7. The van der Waals surface area contributed by atoms with Gasteiger partial charge in [0, 0.05) is 20.1 Å². The van der Waals surface area contributed by atoms with Gasteiger partial charge in [-0.3, -0.25) is 0 Å². The molecule has 0 rings (SSSR count). The molecule has 3 heteroatoms. The van der Waals surface area contributed by atoms with Crippen molar-refractivity contribution in [3.63, 3.8) is 0 Å². The fourth-order valence-corrected chi connectivity index (χ4v) is 0.799. The van der Waals surface area contributed by atoms with E-state index in [4.69, 9.17) is 9.47 Å². The van der Waals surface area contributed by atoms with Crippen LogP contribution in [0.1, 0.15) is 19.8 Å². The Hall–Kier alpha value is -0.410. The number of methoxy groups -OCH3 is 2. The number of hydrogen-bond donors (Lipinski definition) is 0. The number of carbonyl (C=O) groups excluding carboxylic acids is 1. The summed E-state index contributed by atoms with van der Waals surface area (Å²) in [6, 6.07) is 0. The summed E-state index contributed by atoms with van der Waals surface area (Å²) in [5.74, 6) is 0.0998. The highest BCUT2D eigenvalue weighted by Gasteiger charge is 2.07. The first-order valence-corrected chi connectivity index (χ1v) is 3.75. The van der Waals surface area contributed by atoms with E-state index in [1.54, 1.807) is 14.2 Å². The van der Waals surface area contributed by atoms with Crippen LogP contribution in [0.5, 0.6) is 0 Å². The standard InChI is InChI=1S/C8H16O3/c1-7(6-9)4-5-8(10-2)11-3/h6-8H,4-5H2,1-3H3. The molecule has 0 saturated carbocycles. The van der Waals surface area contributed by atoms with E-state index in [0.29, 0.717) is 0 Å². The average Bonchev–Trinajstić information content (AvgIpc) is 2.06. The Kier molecular flexibility index (Phi) is 6.07. The van der Waals surface area contributed by atoms with E-state index in [1.165, 1.54) is 0 Å². The van der Waals surface area contributed by atoms with Gasteiger partial charge < -0.3 is 14.3 Å². The molecule has 0 spiro atoms. The molecule has 0 N–H and O–H groups in total. The largest absolute Gasteiger partial charge is 0.356 e. The smallest absolute Gasteiger partial charge is 0.156 e. The third-order valence-electron chi connectivity index (χ3n) is 1.62. The molecule has 0 amide bonds. The van der Waals surface area contributed by atoms with Crippen LogP contribution in [0, 0.1) is 5.92 Å². The number of rotatable bonds is 6. The third-order valence-corrected chi connectivity index (χ3v) is 1.62. The molecular formula is C8H16O3. The van der Waals surface area contributed by atoms with Crippen molar-refractivity contribution in [2.45, 2.75) is 26.1 Å². The van der Waals surface area contributed by atoms with Crippen LogP contribution < -0.4 is 0 Å². The summed E-state index contributed by atoms with van der Waals surface area (Å²) in [5.41, 5.74) is 0. The molecule has 0 fully saturated rings.